The van der Waals surface area contributed by atoms with E-state index < -0.39 is 0 Å². The smallest absolute Gasteiger partial charge is 0.222 e. The van der Waals surface area contributed by atoms with E-state index in [1.165, 1.54) is 17.7 Å². The van der Waals surface area contributed by atoms with E-state index >= 15 is 0 Å². The molecule has 4 nitrogen and oxygen atoms in total. The number of thiophene rings is 1. The zero-order valence-corrected chi connectivity index (χ0v) is 15.0. The molecular formula is C17H25ClN2O2S. The lowest BCUT2D eigenvalue weighted by Crippen LogP contribution is -2.54. The molecule has 2 aliphatic heterocycles. The second kappa shape index (κ2) is 7.51. The molecule has 0 aliphatic carbocycles. The fourth-order valence-electron chi connectivity index (χ4n) is 4.00. The van der Waals surface area contributed by atoms with Crippen LogP contribution in [-0.4, -0.2) is 53.6 Å². The van der Waals surface area contributed by atoms with Crippen LogP contribution in [0.5, 0.6) is 0 Å². The Hall–Kier alpha value is -0.620. The van der Waals surface area contributed by atoms with Gasteiger partial charge in [-0.25, -0.2) is 0 Å². The first-order valence-electron chi connectivity index (χ1n) is 8.45. The molecule has 128 valence electrons. The summed E-state index contributed by atoms with van der Waals surface area (Å²) in [6.07, 6.45) is 4.74. The fraction of sp³-hybridized carbons (Fsp3) is 0.706. The highest BCUT2D eigenvalue weighted by atomic mass is 35.5. The first kappa shape index (κ1) is 17.2. The molecule has 23 heavy (non-hydrogen) atoms. The fourth-order valence-corrected chi connectivity index (χ4v) is 5.13. The maximum absolute atomic E-state index is 12.1. The van der Waals surface area contributed by atoms with Crippen molar-refractivity contribution in [1.29, 1.82) is 0 Å². The summed E-state index contributed by atoms with van der Waals surface area (Å²) in [5, 5.41) is 9.04. The summed E-state index contributed by atoms with van der Waals surface area (Å²) in [7, 11) is 0. The SMILES string of the molecule is O=C1CCC2(CCCN(Cc3ccc(Cl)s3)C2)CN1CCCO. The molecule has 2 saturated heterocycles. The van der Waals surface area contributed by atoms with Crippen molar-refractivity contribution in [2.75, 3.05) is 32.8 Å². The number of aliphatic hydroxyl groups excluding tert-OH is 1. The topological polar surface area (TPSA) is 43.8 Å². The number of likely N-dealkylation sites (tertiary alicyclic amines) is 2. The average Bonchev–Trinajstić information content (AvgIpc) is 2.94. The van der Waals surface area contributed by atoms with Gasteiger partial charge in [0, 0.05) is 49.5 Å². The van der Waals surface area contributed by atoms with E-state index in [9.17, 15) is 4.79 Å². The Morgan fingerprint density at radius 3 is 2.91 bits per heavy atom. The molecule has 1 aromatic rings. The predicted octanol–water partition coefficient (Wildman–Crippen LogP) is 2.99. The van der Waals surface area contributed by atoms with Crippen molar-refractivity contribution < 1.29 is 9.90 Å². The summed E-state index contributed by atoms with van der Waals surface area (Å²) in [4.78, 5) is 17.9. The summed E-state index contributed by atoms with van der Waals surface area (Å²) in [6, 6.07) is 4.09. The Kier molecular flexibility index (Phi) is 5.62. The predicted molar refractivity (Wildman–Crippen MR) is 93.8 cm³/mol. The van der Waals surface area contributed by atoms with Crippen molar-refractivity contribution in [1.82, 2.24) is 9.80 Å². The minimum atomic E-state index is 0.155. The van der Waals surface area contributed by atoms with Crippen molar-refractivity contribution in [3.05, 3.63) is 21.3 Å². The summed E-state index contributed by atoms with van der Waals surface area (Å²) >= 11 is 7.70. The van der Waals surface area contributed by atoms with Crippen LogP contribution in [0.3, 0.4) is 0 Å². The molecule has 3 heterocycles. The zero-order chi connectivity index (χ0) is 16.3. The Morgan fingerprint density at radius 1 is 1.30 bits per heavy atom. The highest BCUT2D eigenvalue weighted by Crippen LogP contribution is 2.39. The van der Waals surface area contributed by atoms with Gasteiger partial charge in [0.25, 0.3) is 0 Å². The minimum absolute atomic E-state index is 0.155. The van der Waals surface area contributed by atoms with Crippen LogP contribution in [0.4, 0.5) is 0 Å². The van der Waals surface area contributed by atoms with Crippen molar-refractivity contribution in [3.8, 4) is 0 Å². The number of nitrogens with zero attached hydrogens (tertiary/aromatic N) is 2. The molecule has 6 heteroatoms. The molecule has 1 spiro atoms. The molecule has 3 rings (SSSR count). The number of rotatable bonds is 5. The van der Waals surface area contributed by atoms with E-state index in [-0.39, 0.29) is 17.9 Å². The minimum Gasteiger partial charge on any atom is -0.396 e. The van der Waals surface area contributed by atoms with Crippen molar-refractivity contribution in [2.45, 2.75) is 38.6 Å². The lowest BCUT2D eigenvalue weighted by atomic mass is 9.73. The third-order valence-electron chi connectivity index (χ3n) is 5.08. The Morgan fingerprint density at radius 2 is 2.17 bits per heavy atom. The second-order valence-corrected chi connectivity index (χ2v) is 8.71. The van der Waals surface area contributed by atoms with Gasteiger partial charge >= 0.3 is 0 Å². The Labute approximate surface area is 147 Å². The molecule has 0 aromatic carbocycles. The van der Waals surface area contributed by atoms with E-state index in [2.05, 4.69) is 11.0 Å². The summed E-state index contributed by atoms with van der Waals surface area (Å²) in [6.45, 7) is 4.85. The molecule has 0 bridgehead atoms. The Bertz CT molecular complexity index is 550. The van der Waals surface area contributed by atoms with Crippen LogP contribution in [-0.2, 0) is 11.3 Å². The second-order valence-electron chi connectivity index (χ2n) is 6.91. The van der Waals surface area contributed by atoms with Gasteiger partial charge in [0.1, 0.15) is 0 Å². The number of piperidine rings is 2. The summed E-state index contributed by atoms with van der Waals surface area (Å²) in [5.74, 6) is 0.256. The van der Waals surface area contributed by atoms with E-state index in [1.54, 1.807) is 11.3 Å². The molecule has 1 unspecified atom stereocenters. The van der Waals surface area contributed by atoms with Gasteiger partial charge in [-0.2, -0.15) is 0 Å². The molecular weight excluding hydrogens is 332 g/mol. The van der Waals surface area contributed by atoms with Crippen LogP contribution < -0.4 is 0 Å². The lowest BCUT2D eigenvalue weighted by Gasteiger charge is -2.48. The molecule has 1 N–H and O–H groups in total. The number of halogens is 1. The van der Waals surface area contributed by atoms with Gasteiger partial charge in [0.2, 0.25) is 5.91 Å². The van der Waals surface area contributed by atoms with Gasteiger partial charge in [-0.05, 0) is 44.4 Å². The average molecular weight is 357 g/mol. The number of aliphatic hydroxyl groups is 1. The van der Waals surface area contributed by atoms with Gasteiger partial charge in [-0.1, -0.05) is 11.6 Å². The third-order valence-corrected chi connectivity index (χ3v) is 6.30. The van der Waals surface area contributed by atoms with Gasteiger partial charge in [-0.3, -0.25) is 9.69 Å². The highest BCUT2D eigenvalue weighted by Gasteiger charge is 2.41. The number of carbonyl (C=O) groups is 1. The van der Waals surface area contributed by atoms with Crippen molar-refractivity contribution >= 4 is 28.8 Å². The maximum atomic E-state index is 12.1. The van der Waals surface area contributed by atoms with E-state index in [0.29, 0.717) is 19.4 Å². The van der Waals surface area contributed by atoms with Gasteiger partial charge in [0.05, 0.1) is 4.34 Å². The lowest BCUT2D eigenvalue weighted by molar-refractivity contribution is -0.139. The van der Waals surface area contributed by atoms with Crippen LogP contribution >= 0.6 is 22.9 Å². The largest absolute Gasteiger partial charge is 0.396 e. The third kappa shape index (κ3) is 4.27. The van der Waals surface area contributed by atoms with E-state index in [0.717, 1.165) is 36.9 Å². The van der Waals surface area contributed by atoms with E-state index in [4.69, 9.17) is 16.7 Å². The molecule has 1 amide bonds. The van der Waals surface area contributed by atoms with Crippen LogP contribution in [0.25, 0.3) is 0 Å². The van der Waals surface area contributed by atoms with Crippen LogP contribution in [0.2, 0.25) is 4.34 Å². The summed E-state index contributed by atoms with van der Waals surface area (Å²) < 4.78 is 0.852. The van der Waals surface area contributed by atoms with Gasteiger partial charge < -0.3 is 10.0 Å². The van der Waals surface area contributed by atoms with Crippen molar-refractivity contribution in [2.24, 2.45) is 5.41 Å². The quantitative estimate of drug-likeness (QED) is 0.882. The zero-order valence-electron chi connectivity index (χ0n) is 13.5. The number of carbonyl (C=O) groups excluding carboxylic acids is 1. The van der Waals surface area contributed by atoms with Crippen LogP contribution in [0, 0.1) is 5.41 Å². The first-order chi connectivity index (χ1) is 11.1. The molecule has 2 aliphatic rings. The number of hydrogen-bond donors (Lipinski definition) is 1. The molecule has 1 atom stereocenters. The first-order valence-corrected chi connectivity index (χ1v) is 9.65. The summed E-state index contributed by atoms with van der Waals surface area (Å²) in [5.41, 5.74) is 0.239. The van der Waals surface area contributed by atoms with Gasteiger partial charge in [-0.15, -0.1) is 11.3 Å². The molecule has 0 radical (unpaired) electrons. The highest BCUT2D eigenvalue weighted by molar-refractivity contribution is 7.16. The normalized spacial score (nSPS) is 26.2. The Balaban J connectivity index is 1.63. The van der Waals surface area contributed by atoms with Crippen molar-refractivity contribution in [3.63, 3.8) is 0 Å². The van der Waals surface area contributed by atoms with E-state index in [1.807, 2.05) is 11.0 Å². The van der Waals surface area contributed by atoms with Gasteiger partial charge in [0.15, 0.2) is 0 Å². The van der Waals surface area contributed by atoms with Crippen LogP contribution in [0.1, 0.15) is 37.0 Å². The number of hydrogen-bond acceptors (Lipinski definition) is 4. The molecule has 2 fully saturated rings. The molecule has 1 aromatic heterocycles. The molecule has 0 saturated carbocycles. The number of amides is 1. The standard InChI is InChI=1S/C17H25ClN2O2S/c18-15-4-3-14(23-15)11-19-8-1-6-17(12-19)7-5-16(22)20(13-17)9-2-10-21/h3-4,21H,1-2,5-13H2. The maximum Gasteiger partial charge on any atom is 0.222 e. The monoisotopic (exact) mass is 356 g/mol. The van der Waals surface area contributed by atoms with Crippen LogP contribution in [0.15, 0.2) is 12.1 Å².